The Morgan fingerprint density at radius 1 is 1.29 bits per heavy atom. The summed E-state index contributed by atoms with van der Waals surface area (Å²) >= 11 is 3.53. The van der Waals surface area contributed by atoms with Gasteiger partial charge in [-0.3, -0.25) is 4.98 Å². The first-order valence-electron chi connectivity index (χ1n) is 7.65. The molecule has 0 saturated heterocycles. The Labute approximate surface area is 134 Å². The molecule has 21 heavy (non-hydrogen) atoms. The first-order chi connectivity index (χ1) is 10.1. The third-order valence-corrected chi connectivity index (χ3v) is 5.11. The molecule has 1 fully saturated rings. The normalized spacial score (nSPS) is 17.8. The molecule has 112 valence electrons. The van der Waals surface area contributed by atoms with E-state index in [4.69, 9.17) is 5.73 Å². The van der Waals surface area contributed by atoms with E-state index in [0.29, 0.717) is 5.41 Å². The fraction of sp³-hybridized carbons (Fsp3) is 0.471. The molecule has 1 aromatic heterocycles. The molecular weight excluding hydrogens is 326 g/mol. The van der Waals surface area contributed by atoms with Crippen molar-refractivity contribution < 1.29 is 0 Å². The van der Waals surface area contributed by atoms with Crippen molar-refractivity contribution in [1.82, 2.24) is 4.98 Å². The van der Waals surface area contributed by atoms with Gasteiger partial charge in [-0.25, -0.2) is 0 Å². The highest BCUT2D eigenvalue weighted by atomic mass is 79.9. The number of nitrogens with one attached hydrogen (secondary N) is 1. The highest BCUT2D eigenvalue weighted by molar-refractivity contribution is 9.10. The SMILES string of the molecule is CC1(CNc2c(N)cnc3ccc(Br)cc23)CCCCC1. The predicted octanol–water partition coefficient (Wildman–Crippen LogP) is 4.96. The number of fused-ring (bicyclic) bond motifs is 1. The minimum absolute atomic E-state index is 0.381. The smallest absolute Gasteiger partial charge is 0.0743 e. The van der Waals surface area contributed by atoms with Crippen molar-refractivity contribution in [3.63, 3.8) is 0 Å². The van der Waals surface area contributed by atoms with E-state index >= 15 is 0 Å². The number of halogens is 1. The number of pyridine rings is 1. The van der Waals surface area contributed by atoms with Gasteiger partial charge < -0.3 is 11.1 Å². The Balaban J connectivity index is 1.89. The molecule has 0 bridgehead atoms. The summed E-state index contributed by atoms with van der Waals surface area (Å²) in [5, 5.41) is 4.69. The lowest BCUT2D eigenvalue weighted by molar-refractivity contribution is 0.233. The number of aromatic nitrogens is 1. The van der Waals surface area contributed by atoms with Crippen molar-refractivity contribution in [3.05, 3.63) is 28.9 Å². The number of hydrogen-bond donors (Lipinski definition) is 2. The lowest BCUT2D eigenvalue weighted by Gasteiger charge is -2.34. The molecule has 4 heteroatoms. The molecule has 2 aromatic rings. The van der Waals surface area contributed by atoms with Crippen molar-refractivity contribution in [1.29, 1.82) is 0 Å². The van der Waals surface area contributed by atoms with Crippen LogP contribution in [0.3, 0.4) is 0 Å². The molecule has 0 unspecified atom stereocenters. The fourth-order valence-electron chi connectivity index (χ4n) is 3.26. The first-order valence-corrected chi connectivity index (χ1v) is 8.44. The zero-order chi connectivity index (χ0) is 14.9. The van der Waals surface area contributed by atoms with Crippen LogP contribution in [0.4, 0.5) is 11.4 Å². The largest absolute Gasteiger partial charge is 0.396 e. The molecule has 1 heterocycles. The maximum absolute atomic E-state index is 6.16. The van der Waals surface area contributed by atoms with Gasteiger partial charge in [-0.1, -0.05) is 42.1 Å². The van der Waals surface area contributed by atoms with Gasteiger partial charge in [0.1, 0.15) is 0 Å². The first kappa shape index (κ1) is 14.6. The van der Waals surface area contributed by atoms with E-state index in [1.807, 2.05) is 12.1 Å². The highest BCUT2D eigenvalue weighted by Gasteiger charge is 2.26. The lowest BCUT2D eigenvalue weighted by atomic mass is 9.75. The standard InChI is InChI=1S/C17H22BrN3/c1-17(7-3-2-4-8-17)11-21-16-13-9-12(18)5-6-15(13)20-10-14(16)19/h5-6,9-10H,2-4,7-8,11,19H2,1H3,(H,20,21). The number of rotatable bonds is 3. The molecule has 3 N–H and O–H groups in total. The van der Waals surface area contributed by atoms with Crippen LogP contribution in [0.15, 0.2) is 28.9 Å². The number of benzene rings is 1. The second-order valence-electron chi connectivity index (χ2n) is 6.47. The van der Waals surface area contributed by atoms with Crippen LogP contribution in [0.25, 0.3) is 10.9 Å². The van der Waals surface area contributed by atoms with Gasteiger partial charge in [0, 0.05) is 16.4 Å². The lowest BCUT2D eigenvalue weighted by Crippen LogP contribution is -2.29. The van der Waals surface area contributed by atoms with Crippen LogP contribution in [-0.4, -0.2) is 11.5 Å². The monoisotopic (exact) mass is 347 g/mol. The van der Waals surface area contributed by atoms with Crippen LogP contribution in [0.2, 0.25) is 0 Å². The number of nitrogens with zero attached hydrogens (tertiary/aromatic N) is 1. The van der Waals surface area contributed by atoms with E-state index in [-0.39, 0.29) is 0 Å². The van der Waals surface area contributed by atoms with Gasteiger partial charge in [0.05, 0.1) is 23.1 Å². The maximum atomic E-state index is 6.16. The topological polar surface area (TPSA) is 50.9 Å². The zero-order valence-electron chi connectivity index (χ0n) is 12.5. The summed E-state index contributed by atoms with van der Waals surface area (Å²) in [6, 6.07) is 6.12. The fourth-order valence-corrected chi connectivity index (χ4v) is 3.62. The van der Waals surface area contributed by atoms with E-state index in [2.05, 4.69) is 39.2 Å². The van der Waals surface area contributed by atoms with Crippen molar-refractivity contribution in [2.24, 2.45) is 5.41 Å². The molecule has 1 aliphatic rings. The van der Waals surface area contributed by atoms with Crippen molar-refractivity contribution in [2.45, 2.75) is 39.0 Å². The Kier molecular flexibility index (Phi) is 4.07. The summed E-state index contributed by atoms with van der Waals surface area (Å²) in [5.74, 6) is 0. The third-order valence-electron chi connectivity index (χ3n) is 4.61. The molecule has 0 aliphatic heterocycles. The number of nitrogens with two attached hydrogens (primary N) is 1. The van der Waals surface area contributed by atoms with E-state index in [0.717, 1.165) is 33.3 Å². The quantitative estimate of drug-likeness (QED) is 0.824. The second kappa shape index (κ2) is 5.84. The molecule has 0 spiro atoms. The average Bonchev–Trinajstić information content (AvgIpc) is 2.47. The van der Waals surface area contributed by atoms with Crippen molar-refractivity contribution in [3.8, 4) is 0 Å². The van der Waals surface area contributed by atoms with Gasteiger partial charge in [-0.15, -0.1) is 0 Å². The maximum Gasteiger partial charge on any atom is 0.0743 e. The molecule has 3 nitrogen and oxygen atoms in total. The molecule has 1 saturated carbocycles. The van der Waals surface area contributed by atoms with Gasteiger partial charge in [0.15, 0.2) is 0 Å². The summed E-state index contributed by atoms with van der Waals surface area (Å²) < 4.78 is 1.05. The summed E-state index contributed by atoms with van der Waals surface area (Å²) in [4.78, 5) is 4.41. The van der Waals surface area contributed by atoms with Gasteiger partial charge in [0.25, 0.3) is 0 Å². The minimum atomic E-state index is 0.381. The number of nitrogen functional groups attached to an aromatic ring is 1. The Morgan fingerprint density at radius 2 is 2.05 bits per heavy atom. The van der Waals surface area contributed by atoms with Crippen LogP contribution in [0, 0.1) is 5.41 Å². The minimum Gasteiger partial charge on any atom is -0.396 e. The van der Waals surface area contributed by atoms with E-state index in [1.165, 1.54) is 32.1 Å². The van der Waals surface area contributed by atoms with Crippen LogP contribution in [-0.2, 0) is 0 Å². The Morgan fingerprint density at radius 3 is 2.81 bits per heavy atom. The molecule has 3 rings (SSSR count). The summed E-state index contributed by atoms with van der Waals surface area (Å²) in [6.07, 6.45) is 8.41. The summed E-state index contributed by atoms with van der Waals surface area (Å²) in [6.45, 7) is 3.36. The number of hydrogen-bond acceptors (Lipinski definition) is 3. The highest BCUT2D eigenvalue weighted by Crippen LogP contribution is 2.37. The van der Waals surface area contributed by atoms with Crippen LogP contribution >= 0.6 is 15.9 Å². The molecule has 1 aliphatic carbocycles. The third kappa shape index (κ3) is 3.15. The molecule has 1 aromatic carbocycles. The summed E-state index contributed by atoms with van der Waals surface area (Å²) in [5.41, 5.74) is 9.26. The van der Waals surface area contributed by atoms with Crippen LogP contribution in [0.1, 0.15) is 39.0 Å². The zero-order valence-corrected chi connectivity index (χ0v) is 14.0. The van der Waals surface area contributed by atoms with Crippen molar-refractivity contribution in [2.75, 3.05) is 17.6 Å². The second-order valence-corrected chi connectivity index (χ2v) is 7.39. The van der Waals surface area contributed by atoms with E-state index in [9.17, 15) is 0 Å². The molecule has 0 amide bonds. The van der Waals surface area contributed by atoms with Crippen LogP contribution < -0.4 is 11.1 Å². The number of anilines is 2. The van der Waals surface area contributed by atoms with Crippen molar-refractivity contribution >= 4 is 38.2 Å². The summed E-state index contributed by atoms with van der Waals surface area (Å²) in [7, 11) is 0. The molecule has 0 atom stereocenters. The van der Waals surface area contributed by atoms with Gasteiger partial charge >= 0.3 is 0 Å². The molecule has 0 radical (unpaired) electrons. The molecular formula is C17H22BrN3. The average molecular weight is 348 g/mol. The van der Waals surface area contributed by atoms with E-state index in [1.54, 1.807) is 6.20 Å². The Hall–Kier alpha value is -1.29. The van der Waals surface area contributed by atoms with Gasteiger partial charge in [-0.05, 0) is 36.5 Å². The van der Waals surface area contributed by atoms with Crippen LogP contribution in [0.5, 0.6) is 0 Å². The Bertz CT molecular complexity index is 643. The van der Waals surface area contributed by atoms with E-state index < -0.39 is 0 Å². The van der Waals surface area contributed by atoms with Gasteiger partial charge in [-0.2, -0.15) is 0 Å². The predicted molar refractivity (Wildman–Crippen MR) is 93.5 cm³/mol. The van der Waals surface area contributed by atoms with Gasteiger partial charge in [0.2, 0.25) is 0 Å².